The molecule has 1 aliphatic heterocycles. The number of nitrogens with zero attached hydrogens (tertiary/aromatic N) is 4. The molecule has 0 atom stereocenters. The van der Waals surface area contributed by atoms with Gasteiger partial charge in [-0.2, -0.15) is 13.1 Å². The minimum absolute atomic E-state index is 0.00906. The minimum atomic E-state index is -3.43. The van der Waals surface area contributed by atoms with E-state index < -0.39 is 22.7 Å². The van der Waals surface area contributed by atoms with Crippen molar-refractivity contribution in [3.05, 3.63) is 18.6 Å². The lowest BCUT2D eigenvalue weighted by Gasteiger charge is -2.43. The molecule has 2 aromatic heterocycles. The molecule has 2 fully saturated rings. The van der Waals surface area contributed by atoms with Gasteiger partial charge in [0, 0.05) is 32.4 Å². The molecular weight excluding hydrogens is 380 g/mol. The summed E-state index contributed by atoms with van der Waals surface area (Å²) in [4.78, 5) is 13.6. The molecule has 2 aromatic rings. The molecule has 11 heteroatoms. The Morgan fingerprint density at radius 2 is 2.11 bits per heavy atom. The number of hydrogen-bond acceptors (Lipinski definition) is 6. The molecule has 27 heavy (non-hydrogen) atoms. The van der Waals surface area contributed by atoms with Gasteiger partial charge in [0.1, 0.15) is 17.8 Å². The molecule has 0 spiro atoms. The van der Waals surface area contributed by atoms with Crippen LogP contribution in [0.15, 0.2) is 18.6 Å². The second kappa shape index (κ2) is 6.95. The van der Waals surface area contributed by atoms with Crippen molar-refractivity contribution in [1.82, 2.24) is 19.3 Å². The molecule has 1 saturated carbocycles. The first kappa shape index (κ1) is 18.5. The highest BCUT2D eigenvalue weighted by Crippen LogP contribution is 2.36. The molecule has 148 valence electrons. The van der Waals surface area contributed by atoms with E-state index in [1.165, 1.54) is 10.6 Å². The van der Waals surface area contributed by atoms with Crippen molar-refractivity contribution in [2.24, 2.45) is 5.92 Å². The minimum Gasteiger partial charge on any atom is -0.356 e. The van der Waals surface area contributed by atoms with Crippen molar-refractivity contribution in [3.63, 3.8) is 0 Å². The van der Waals surface area contributed by atoms with Crippen LogP contribution in [-0.4, -0.2) is 72.3 Å². The van der Waals surface area contributed by atoms with Gasteiger partial charge in [-0.1, -0.05) is 0 Å². The van der Waals surface area contributed by atoms with Gasteiger partial charge in [-0.15, -0.1) is 0 Å². The summed E-state index contributed by atoms with van der Waals surface area (Å²) in [6.45, 7) is -2.85. The standard InChI is InChI=1S/C16H21F2N5O3S/c1-22(15-13-2-3-19-14(13)20-9-21-15)11-4-10(5-11)8-27(24,25)23-6-12(7-23)26-16(17)18/h2-3,9-12,16H,4-8H2,1H3,(H,19,20,21). The molecule has 3 heterocycles. The van der Waals surface area contributed by atoms with Gasteiger partial charge in [-0.05, 0) is 24.8 Å². The van der Waals surface area contributed by atoms with E-state index in [1.807, 2.05) is 19.3 Å². The average molecular weight is 401 g/mol. The summed E-state index contributed by atoms with van der Waals surface area (Å²) in [6.07, 6.45) is 4.10. The number of nitrogens with one attached hydrogen (secondary N) is 1. The smallest absolute Gasteiger partial charge is 0.345 e. The Morgan fingerprint density at radius 3 is 2.81 bits per heavy atom. The van der Waals surface area contributed by atoms with Crippen LogP contribution in [0.5, 0.6) is 0 Å². The lowest BCUT2D eigenvalue weighted by Crippen LogP contribution is -2.57. The number of anilines is 1. The third-order valence-corrected chi connectivity index (χ3v) is 7.35. The van der Waals surface area contributed by atoms with E-state index >= 15 is 0 Å². The van der Waals surface area contributed by atoms with Crippen molar-refractivity contribution in [1.29, 1.82) is 0 Å². The highest BCUT2D eigenvalue weighted by molar-refractivity contribution is 7.89. The normalized spacial score (nSPS) is 24.1. The van der Waals surface area contributed by atoms with Crippen LogP contribution < -0.4 is 4.90 Å². The van der Waals surface area contributed by atoms with Crippen LogP contribution in [0.3, 0.4) is 0 Å². The van der Waals surface area contributed by atoms with Gasteiger partial charge < -0.3 is 14.6 Å². The summed E-state index contributed by atoms with van der Waals surface area (Å²) in [5, 5.41) is 0.932. The van der Waals surface area contributed by atoms with E-state index in [-0.39, 0.29) is 30.8 Å². The largest absolute Gasteiger partial charge is 0.356 e. The zero-order chi connectivity index (χ0) is 19.2. The van der Waals surface area contributed by atoms with Crippen LogP contribution in [0, 0.1) is 5.92 Å². The number of aromatic amines is 1. The quantitative estimate of drug-likeness (QED) is 0.755. The Labute approximate surface area is 155 Å². The van der Waals surface area contributed by atoms with Crippen LogP contribution >= 0.6 is 0 Å². The number of aromatic nitrogens is 3. The number of alkyl halides is 2. The molecule has 4 rings (SSSR count). The molecule has 0 bridgehead atoms. The Kier molecular flexibility index (Phi) is 4.77. The Bertz CT molecular complexity index is 910. The van der Waals surface area contributed by atoms with Crippen LogP contribution in [0.2, 0.25) is 0 Å². The molecule has 0 unspecified atom stereocenters. The van der Waals surface area contributed by atoms with E-state index in [4.69, 9.17) is 0 Å². The molecule has 0 aromatic carbocycles. The van der Waals surface area contributed by atoms with Gasteiger partial charge in [0.05, 0.1) is 17.2 Å². The Hall–Kier alpha value is -1.85. The van der Waals surface area contributed by atoms with Crippen LogP contribution in [0.25, 0.3) is 11.0 Å². The molecule has 8 nitrogen and oxygen atoms in total. The maximum Gasteiger partial charge on any atom is 0.345 e. The summed E-state index contributed by atoms with van der Waals surface area (Å²) >= 11 is 0. The maximum absolute atomic E-state index is 12.4. The third kappa shape index (κ3) is 3.63. The summed E-state index contributed by atoms with van der Waals surface area (Å²) < 4.78 is 54.6. The molecule has 1 N–H and O–H groups in total. The number of ether oxygens (including phenoxy) is 1. The van der Waals surface area contributed by atoms with Crippen LogP contribution in [-0.2, 0) is 14.8 Å². The van der Waals surface area contributed by atoms with Crippen molar-refractivity contribution < 1.29 is 21.9 Å². The fourth-order valence-electron chi connectivity index (χ4n) is 3.73. The number of rotatable bonds is 7. The Morgan fingerprint density at radius 1 is 1.37 bits per heavy atom. The first-order valence-electron chi connectivity index (χ1n) is 8.76. The van der Waals surface area contributed by atoms with E-state index in [0.717, 1.165) is 29.7 Å². The number of hydrogen-bond donors (Lipinski definition) is 1. The van der Waals surface area contributed by atoms with Crippen molar-refractivity contribution in [2.75, 3.05) is 30.8 Å². The van der Waals surface area contributed by atoms with E-state index in [2.05, 4.69) is 24.6 Å². The molecule has 1 aliphatic carbocycles. The van der Waals surface area contributed by atoms with Gasteiger partial charge >= 0.3 is 6.61 Å². The first-order valence-corrected chi connectivity index (χ1v) is 10.4. The molecular formula is C16H21F2N5O3S. The summed E-state index contributed by atoms with van der Waals surface area (Å²) in [7, 11) is -1.48. The average Bonchev–Trinajstić information content (AvgIpc) is 3.01. The lowest BCUT2D eigenvalue weighted by atomic mass is 9.81. The van der Waals surface area contributed by atoms with E-state index in [9.17, 15) is 17.2 Å². The zero-order valence-corrected chi connectivity index (χ0v) is 15.6. The summed E-state index contributed by atoms with van der Waals surface area (Å²) in [5.41, 5.74) is 0.767. The van der Waals surface area contributed by atoms with Gasteiger partial charge in [-0.25, -0.2) is 18.4 Å². The molecule has 2 aliphatic rings. The fourth-order valence-corrected chi connectivity index (χ4v) is 5.59. The molecule has 0 radical (unpaired) electrons. The Balaban J connectivity index is 1.30. The second-order valence-corrected chi connectivity index (χ2v) is 9.17. The van der Waals surface area contributed by atoms with Gasteiger partial charge in [0.2, 0.25) is 10.0 Å². The second-order valence-electron chi connectivity index (χ2n) is 7.15. The highest BCUT2D eigenvalue weighted by atomic mass is 32.2. The predicted molar refractivity (Wildman–Crippen MR) is 95.0 cm³/mol. The molecule has 0 amide bonds. The lowest BCUT2D eigenvalue weighted by molar-refractivity contribution is -0.185. The highest BCUT2D eigenvalue weighted by Gasteiger charge is 2.42. The van der Waals surface area contributed by atoms with E-state index in [1.54, 1.807) is 0 Å². The SMILES string of the molecule is CN(c1ncnc2[nH]ccc12)C1CC(CS(=O)(=O)N2CC(OC(F)F)C2)C1. The predicted octanol–water partition coefficient (Wildman–Crippen LogP) is 1.43. The monoisotopic (exact) mass is 401 g/mol. The number of fused-ring (bicyclic) bond motifs is 1. The van der Waals surface area contributed by atoms with Gasteiger partial charge in [0.15, 0.2) is 0 Å². The van der Waals surface area contributed by atoms with Crippen LogP contribution in [0.1, 0.15) is 12.8 Å². The first-order chi connectivity index (χ1) is 12.8. The summed E-state index contributed by atoms with van der Waals surface area (Å²) in [6, 6.07) is 2.13. The topological polar surface area (TPSA) is 91.4 Å². The number of sulfonamides is 1. The fraction of sp³-hybridized carbons (Fsp3) is 0.625. The number of halogens is 2. The maximum atomic E-state index is 12.4. The number of H-pyrrole nitrogens is 1. The third-order valence-electron chi connectivity index (χ3n) is 5.38. The zero-order valence-electron chi connectivity index (χ0n) is 14.8. The van der Waals surface area contributed by atoms with Crippen LogP contribution in [0.4, 0.5) is 14.6 Å². The van der Waals surface area contributed by atoms with Crippen molar-refractivity contribution in [2.45, 2.75) is 31.6 Å². The van der Waals surface area contributed by atoms with E-state index in [0.29, 0.717) is 0 Å². The molecule has 1 saturated heterocycles. The van der Waals surface area contributed by atoms with Gasteiger partial charge in [0.25, 0.3) is 0 Å². The van der Waals surface area contributed by atoms with Crippen molar-refractivity contribution >= 4 is 26.9 Å². The summed E-state index contributed by atoms with van der Waals surface area (Å²) in [5.74, 6) is 0.922. The van der Waals surface area contributed by atoms with Gasteiger partial charge in [-0.3, -0.25) is 0 Å². The van der Waals surface area contributed by atoms with Crippen molar-refractivity contribution in [3.8, 4) is 0 Å².